The van der Waals surface area contributed by atoms with Crippen molar-refractivity contribution in [3.8, 4) is 0 Å². The van der Waals surface area contributed by atoms with E-state index in [0.717, 1.165) is 0 Å². The van der Waals surface area contributed by atoms with Crippen LogP contribution in [0.1, 0.15) is 40.5 Å². The quantitative estimate of drug-likeness (QED) is 0.371. The zero-order chi connectivity index (χ0) is 15.3. The van der Waals surface area contributed by atoms with E-state index >= 15 is 0 Å². The van der Waals surface area contributed by atoms with Gasteiger partial charge in [0.2, 0.25) is 0 Å². The van der Waals surface area contributed by atoms with E-state index in [9.17, 15) is 14.7 Å². The fourth-order valence-electron chi connectivity index (χ4n) is 2.05. The van der Waals surface area contributed by atoms with Crippen LogP contribution in [0.3, 0.4) is 0 Å². The summed E-state index contributed by atoms with van der Waals surface area (Å²) in [4.78, 5) is 27.4. The Hall–Kier alpha value is -1.91. The van der Waals surface area contributed by atoms with Gasteiger partial charge in [0.1, 0.15) is 11.3 Å². The average molecular weight is 279 g/mol. The number of ether oxygens (including phenoxy) is 1. The van der Waals surface area contributed by atoms with E-state index in [1.807, 2.05) is 13.8 Å². The number of aliphatic imine (C=N–C) groups is 1. The van der Waals surface area contributed by atoms with Gasteiger partial charge in [0.15, 0.2) is 5.78 Å². The molecule has 5 nitrogen and oxygen atoms in total. The number of rotatable bonds is 4. The van der Waals surface area contributed by atoms with Crippen molar-refractivity contribution in [1.82, 2.24) is 0 Å². The molecule has 5 heteroatoms. The highest BCUT2D eigenvalue weighted by Crippen LogP contribution is 2.33. The first-order valence-electron chi connectivity index (χ1n) is 6.59. The standard InChI is InChI=1S/C15H21NO4/c1-5-20-14(19)13(10(2)17)9-16-11-6-12(18)8-15(3,4)7-11/h6,9,17H,5,7-8H2,1-4H3. The molecule has 0 aromatic carbocycles. The summed E-state index contributed by atoms with van der Waals surface area (Å²) >= 11 is 0. The van der Waals surface area contributed by atoms with Crippen molar-refractivity contribution in [3.05, 3.63) is 23.1 Å². The average Bonchev–Trinajstić information content (AvgIpc) is 2.26. The third kappa shape index (κ3) is 4.64. The molecule has 0 atom stereocenters. The number of esters is 1. The Morgan fingerprint density at radius 2 is 2.15 bits per heavy atom. The minimum atomic E-state index is -0.627. The number of aliphatic hydroxyl groups is 1. The maximum Gasteiger partial charge on any atom is 0.343 e. The number of aliphatic hydroxyl groups excluding tert-OH is 1. The Morgan fingerprint density at radius 3 is 2.65 bits per heavy atom. The first-order chi connectivity index (χ1) is 9.25. The van der Waals surface area contributed by atoms with Gasteiger partial charge >= 0.3 is 5.97 Å². The zero-order valence-electron chi connectivity index (χ0n) is 12.4. The predicted octanol–water partition coefficient (Wildman–Crippen LogP) is 2.73. The summed E-state index contributed by atoms with van der Waals surface area (Å²) in [5, 5.41) is 9.49. The Morgan fingerprint density at radius 1 is 1.50 bits per heavy atom. The van der Waals surface area contributed by atoms with Crippen LogP contribution < -0.4 is 0 Å². The lowest BCUT2D eigenvalue weighted by Crippen LogP contribution is -2.21. The van der Waals surface area contributed by atoms with E-state index in [2.05, 4.69) is 4.99 Å². The fourth-order valence-corrected chi connectivity index (χ4v) is 2.05. The highest BCUT2D eigenvalue weighted by Gasteiger charge is 2.27. The molecule has 0 heterocycles. The van der Waals surface area contributed by atoms with Gasteiger partial charge in [-0.15, -0.1) is 0 Å². The third-order valence-electron chi connectivity index (χ3n) is 2.88. The maximum atomic E-state index is 11.6. The van der Waals surface area contributed by atoms with Crippen LogP contribution in [-0.4, -0.2) is 29.7 Å². The molecule has 110 valence electrons. The predicted molar refractivity (Wildman–Crippen MR) is 76.6 cm³/mol. The normalized spacial score (nSPS) is 19.6. The molecule has 1 N–H and O–H groups in total. The molecule has 0 aliphatic heterocycles. The van der Waals surface area contributed by atoms with Crippen LogP contribution in [-0.2, 0) is 14.3 Å². The third-order valence-corrected chi connectivity index (χ3v) is 2.88. The van der Waals surface area contributed by atoms with E-state index in [0.29, 0.717) is 18.5 Å². The van der Waals surface area contributed by atoms with Crippen molar-refractivity contribution in [2.45, 2.75) is 40.5 Å². The van der Waals surface area contributed by atoms with Gasteiger partial charge < -0.3 is 9.84 Å². The minimum absolute atomic E-state index is 0.00331. The second-order valence-corrected chi connectivity index (χ2v) is 5.60. The number of nitrogens with zero attached hydrogens (tertiary/aromatic N) is 1. The second kappa shape index (κ2) is 6.50. The van der Waals surface area contributed by atoms with Crippen molar-refractivity contribution in [2.24, 2.45) is 10.4 Å². The Labute approximate surface area is 119 Å². The minimum Gasteiger partial charge on any atom is -0.512 e. The van der Waals surface area contributed by atoms with Gasteiger partial charge in [0.05, 0.1) is 6.61 Å². The van der Waals surface area contributed by atoms with Gasteiger partial charge in [-0.25, -0.2) is 4.79 Å². The monoisotopic (exact) mass is 279 g/mol. The van der Waals surface area contributed by atoms with Gasteiger partial charge in [0, 0.05) is 24.4 Å². The van der Waals surface area contributed by atoms with Crippen molar-refractivity contribution < 1.29 is 19.4 Å². The molecule has 20 heavy (non-hydrogen) atoms. The van der Waals surface area contributed by atoms with Gasteiger partial charge in [-0.05, 0) is 25.7 Å². The second-order valence-electron chi connectivity index (χ2n) is 5.60. The van der Waals surface area contributed by atoms with Crippen molar-refractivity contribution in [1.29, 1.82) is 0 Å². The van der Waals surface area contributed by atoms with E-state index in [1.165, 1.54) is 19.2 Å². The number of carbonyl (C=O) groups excluding carboxylic acids is 2. The van der Waals surface area contributed by atoms with E-state index in [-0.39, 0.29) is 29.1 Å². The number of allylic oxidation sites excluding steroid dienone is 3. The summed E-state index contributed by atoms with van der Waals surface area (Å²) in [7, 11) is 0. The summed E-state index contributed by atoms with van der Waals surface area (Å²) in [5.41, 5.74) is 0.471. The molecule has 0 saturated heterocycles. The van der Waals surface area contributed by atoms with E-state index in [4.69, 9.17) is 4.74 Å². The largest absolute Gasteiger partial charge is 0.512 e. The molecule has 1 rings (SSSR count). The molecule has 0 aromatic rings. The molecule has 1 aliphatic carbocycles. The van der Waals surface area contributed by atoms with Gasteiger partial charge in [-0.2, -0.15) is 0 Å². The molecule has 0 amide bonds. The topological polar surface area (TPSA) is 76.0 Å². The number of hydrogen-bond donors (Lipinski definition) is 1. The molecule has 0 aromatic heterocycles. The van der Waals surface area contributed by atoms with Crippen LogP contribution in [0.15, 0.2) is 28.1 Å². The lowest BCUT2D eigenvalue weighted by Gasteiger charge is -2.26. The van der Waals surface area contributed by atoms with Crippen molar-refractivity contribution >= 4 is 18.0 Å². The number of carbonyl (C=O) groups is 2. The summed E-state index contributed by atoms with van der Waals surface area (Å²) in [6.45, 7) is 7.28. The first kappa shape index (κ1) is 16.1. The van der Waals surface area contributed by atoms with Crippen LogP contribution in [0.5, 0.6) is 0 Å². The highest BCUT2D eigenvalue weighted by molar-refractivity contribution is 6.10. The molecule has 0 bridgehead atoms. The smallest absolute Gasteiger partial charge is 0.343 e. The van der Waals surface area contributed by atoms with Crippen LogP contribution in [0.4, 0.5) is 0 Å². The van der Waals surface area contributed by atoms with Crippen molar-refractivity contribution in [2.75, 3.05) is 6.61 Å². The molecular weight excluding hydrogens is 258 g/mol. The fraction of sp³-hybridized carbons (Fsp3) is 0.533. The number of hydrogen-bond acceptors (Lipinski definition) is 5. The van der Waals surface area contributed by atoms with Crippen LogP contribution in [0.2, 0.25) is 0 Å². The number of ketones is 1. The molecule has 1 aliphatic rings. The van der Waals surface area contributed by atoms with E-state index < -0.39 is 5.97 Å². The van der Waals surface area contributed by atoms with Gasteiger partial charge in [-0.1, -0.05) is 13.8 Å². The molecule has 0 fully saturated rings. The van der Waals surface area contributed by atoms with Gasteiger partial charge in [0.25, 0.3) is 0 Å². The summed E-state index contributed by atoms with van der Waals surface area (Å²) < 4.78 is 4.83. The summed E-state index contributed by atoms with van der Waals surface area (Å²) in [5.74, 6) is -0.761. The van der Waals surface area contributed by atoms with Crippen molar-refractivity contribution in [3.63, 3.8) is 0 Å². The molecule has 0 unspecified atom stereocenters. The Bertz CT molecular complexity index is 494. The van der Waals surface area contributed by atoms with Crippen LogP contribution in [0.25, 0.3) is 0 Å². The lowest BCUT2D eigenvalue weighted by molar-refractivity contribution is -0.138. The first-order valence-corrected chi connectivity index (χ1v) is 6.59. The Kier molecular flexibility index (Phi) is 5.25. The van der Waals surface area contributed by atoms with Gasteiger partial charge in [-0.3, -0.25) is 9.79 Å². The van der Waals surface area contributed by atoms with E-state index in [1.54, 1.807) is 6.92 Å². The lowest BCUT2D eigenvalue weighted by atomic mass is 9.79. The van der Waals surface area contributed by atoms with Crippen LogP contribution >= 0.6 is 0 Å². The highest BCUT2D eigenvalue weighted by atomic mass is 16.5. The molecule has 0 radical (unpaired) electrons. The summed E-state index contributed by atoms with van der Waals surface area (Å²) in [6.07, 6.45) is 3.88. The maximum absolute atomic E-state index is 11.6. The zero-order valence-corrected chi connectivity index (χ0v) is 12.4. The SMILES string of the molecule is CCOC(=O)C(C=NC1=CC(=O)CC(C)(C)C1)=C(C)O. The molecular formula is C15H21NO4. The summed E-state index contributed by atoms with van der Waals surface area (Å²) in [6, 6.07) is 0. The molecule has 0 saturated carbocycles. The van der Waals surface area contributed by atoms with Crippen LogP contribution in [0, 0.1) is 5.41 Å². The Balaban J connectivity index is 2.93. The molecule has 0 spiro atoms.